The molecule has 0 aromatic heterocycles. The van der Waals surface area contributed by atoms with Crippen LogP contribution in [-0.4, -0.2) is 32.7 Å². The molecule has 0 unspecified atom stereocenters. The van der Waals surface area contributed by atoms with Crippen molar-refractivity contribution in [2.45, 2.75) is 12.8 Å². The number of rotatable bonds is 3. The first-order valence-corrected chi connectivity index (χ1v) is 10.1. The second-order valence-electron chi connectivity index (χ2n) is 6.20. The molecule has 2 aromatic rings. The molecule has 0 amide bonds. The molecule has 9 heteroatoms. The zero-order valence-corrected chi connectivity index (χ0v) is 15.1. The van der Waals surface area contributed by atoms with E-state index in [0.29, 0.717) is 5.69 Å². The van der Waals surface area contributed by atoms with Gasteiger partial charge in [-0.1, -0.05) is 0 Å². The number of hydrogen-bond acceptors (Lipinski definition) is 6. The minimum absolute atomic E-state index is 0.178. The van der Waals surface area contributed by atoms with Gasteiger partial charge in [0, 0.05) is 42.3 Å². The van der Waals surface area contributed by atoms with Crippen LogP contribution >= 0.6 is 0 Å². The van der Waals surface area contributed by atoms with Crippen LogP contribution < -0.4 is 15.4 Å². The summed E-state index contributed by atoms with van der Waals surface area (Å²) >= 11 is 0. The van der Waals surface area contributed by atoms with E-state index in [2.05, 4.69) is 15.4 Å². The minimum atomic E-state index is -3.17. The van der Waals surface area contributed by atoms with Crippen LogP contribution in [0.4, 0.5) is 22.7 Å². The number of anilines is 3. The van der Waals surface area contributed by atoms with Crippen LogP contribution in [0.2, 0.25) is 0 Å². The average molecular weight is 376 g/mol. The van der Waals surface area contributed by atoms with Gasteiger partial charge in [-0.2, -0.15) is 0 Å². The molecule has 0 atom stereocenters. The van der Waals surface area contributed by atoms with E-state index in [1.54, 1.807) is 18.2 Å². The van der Waals surface area contributed by atoms with Crippen LogP contribution in [0.5, 0.6) is 0 Å². The Morgan fingerprint density at radius 3 is 2.15 bits per heavy atom. The maximum atomic E-state index is 11.0. The lowest BCUT2D eigenvalue weighted by atomic mass is 10.1. The third-order valence-electron chi connectivity index (χ3n) is 4.13. The predicted molar refractivity (Wildman–Crippen MR) is 102 cm³/mol. The van der Waals surface area contributed by atoms with Gasteiger partial charge in [0.25, 0.3) is 5.69 Å². The Kier molecular flexibility index (Phi) is 4.99. The van der Waals surface area contributed by atoms with Crippen molar-refractivity contribution in [2.24, 2.45) is 0 Å². The normalized spacial score (nSPS) is 14.2. The highest BCUT2D eigenvalue weighted by molar-refractivity contribution is 7.92. The van der Waals surface area contributed by atoms with Gasteiger partial charge in [-0.3, -0.25) is 14.8 Å². The van der Waals surface area contributed by atoms with Crippen LogP contribution in [0.15, 0.2) is 36.4 Å². The van der Waals surface area contributed by atoms with Gasteiger partial charge in [0.2, 0.25) is 10.0 Å². The maximum Gasteiger partial charge on any atom is 0.269 e. The van der Waals surface area contributed by atoms with Gasteiger partial charge < -0.3 is 10.6 Å². The fourth-order valence-electron chi connectivity index (χ4n) is 2.99. The summed E-state index contributed by atoms with van der Waals surface area (Å²) in [6.45, 7) is 1.81. The second-order valence-corrected chi connectivity index (χ2v) is 7.95. The summed E-state index contributed by atoms with van der Waals surface area (Å²) in [5.41, 5.74) is 5.15. The van der Waals surface area contributed by atoms with E-state index < -0.39 is 10.0 Å². The third-order valence-corrected chi connectivity index (χ3v) is 4.73. The monoisotopic (exact) mass is 376 g/mol. The average Bonchev–Trinajstić information content (AvgIpc) is 3.21. The molecule has 4 rings (SSSR count). The lowest BCUT2D eigenvalue weighted by Crippen LogP contribution is -2.09. The number of hydrogen-bond donors (Lipinski definition) is 3. The molecule has 0 saturated heterocycles. The van der Waals surface area contributed by atoms with Crippen LogP contribution in [0.25, 0.3) is 0 Å². The first-order chi connectivity index (χ1) is 12.3. The molecule has 26 heavy (non-hydrogen) atoms. The predicted octanol–water partition coefficient (Wildman–Crippen LogP) is 2.59. The highest BCUT2D eigenvalue weighted by Crippen LogP contribution is 2.26. The Hall–Kier alpha value is -2.81. The fourth-order valence-corrected chi connectivity index (χ4v) is 3.54. The Labute approximate surface area is 151 Å². The van der Waals surface area contributed by atoms with Gasteiger partial charge >= 0.3 is 0 Å². The first-order valence-electron chi connectivity index (χ1n) is 8.17. The van der Waals surface area contributed by atoms with E-state index in [1.807, 2.05) is 12.1 Å². The van der Waals surface area contributed by atoms with Gasteiger partial charge in [0.15, 0.2) is 0 Å². The standard InChI is InChI=1S/C9H12N2O2S.C8H8N2O2/c1-14(12,13)11-8-2-3-9-7(6-8)4-5-10-9;11-10(12)7-1-2-8-6(5-7)3-4-9-8/h2-3,6,10-11H,4-5H2,1H3;1-2,5,9H,3-4H2. The Bertz CT molecular complexity index is 944. The number of fused-ring (bicyclic) bond motifs is 2. The molecule has 138 valence electrons. The number of nitrogens with one attached hydrogen (secondary N) is 3. The number of non-ortho nitro benzene ring substituents is 1. The molecule has 0 aliphatic carbocycles. The van der Waals surface area contributed by atoms with Gasteiger partial charge in [0.1, 0.15) is 0 Å². The molecule has 0 fully saturated rings. The van der Waals surface area contributed by atoms with Gasteiger partial charge in [-0.05, 0) is 48.2 Å². The Balaban J connectivity index is 0.000000152. The lowest BCUT2D eigenvalue weighted by molar-refractivity contribution is -0.384. The number of nitro benzene ring substituents is 1. The van der Waals surface area contributed by atoms with Crippen molar-refractivity contribution in [3.8, 4) is 0 Å². The first kappa shape index (κ1) is 18.0. The maximum absolute atomic E-state index is 11.0. The highest BCUT2D eigenvalue weighted by atomic mass is 32.2. The van der Waals surface area contributed by atoms with Crippen LogP contribution in [0.1, 0.15) is 11.1 Å². The van der Waals surface area contributed by atoms with Crippen molar-refractivity contribution in [3.05, 3.63) is 57.6 Å². The topological polar surface area (TPSA) is 113 Å². The largest absolute Gasteiger partial charge is 0.384 e. The SMILES string of the molecule is CS(=O)(=O)Nc1ccc2c(c1)CCN2.O=[N+]([O-])c1ccc2c(c1)CCN2. The number of nitrogens with zero attached hydrogens (tertiary/aromatic N) is 1. The van der Waals surface area contributed by atoms with E-state index in [0.717, 1.165) is 49.1 Å². The zero-order chi connectivity index (χ0) is 18.7. The van der Waals surface area contributed by atoms with E-state index in [4.69, 9.17) is 0 Å². The molecule has 0 saturated carbocycles. The minimum Gasteiger partial charge on any atom is -0.384 e. The lowest BCUT2D eigenvalue weighted by Gasteiger charge is -2.05. The van der Waals surface area contributed by atoms with Crippen LogP contribution in [0, 0.1) is 10.1 Å². The van der Waals surface area contributed by atoms with Crippen LogP contribution in [-0.2, 0) is 22.9 Å². The summed E-state index contributed by atoms with van der Waals surface area (Å²) in [7, 11) is -3.17. The molecular weight excluding hydrogens is 356 g/mol. The van der Waals surface area contributed by atoms with E-state index in [9.17, 15) is 18.5 Å². The van der Waals surface area contributed by atoms with Crippen molar-refractivity contribution in [1.82, 2.24) is 0 Å². The number of nitro groups is 1. The zero-order valence-electron chi connectivity index (χ0n) is 14.3. The quantitative estimate of drug-likeness (QED) is 0.560. The Morgan fingerprint density at radius 2 is 1.58 bits per heavy atom. The van der Waals surface area contributed by atoms with E-state index in [-0.39, 0.29) is 10.6 Å². The summed E-state index contributed by atoms with van der Waals surface area (Å²) in [6, 6.07) is 10.5. The molecular formula is C17H20N4O4S. The molecule has 8 nitrogen and oxygen atoms in total. The summed E-state index contributed by atoms with van der Waals surface area (Å²) in [5.74, 6) is 0. The molecule has 3 N–H and O–H groups in total. The summed E-state index contributed by atoms with van der Waals surface area (Å²) < 4.78 is 24.4. The second kappa shape index (κ2) is 7.20. The number of benzene rings is 2. The molecule has 0 radical (unpaired) electrons. The van der Waals surface area contributed by atoms with Crippen molar-refractivity contribution in [1.29, 1.82) is 0 Å². The van der Waals surface area contributed by atoms with Gasteiger partial charge in [-0.15, -0.1) is 0 Å². The van der Waals surface area contributed by atoms with Crippen molar-refractivity contribution in [3.63, 3.8) is 0 Å². The Morgan fingerprint density at radius 1 is 1.00 bits per heavy atom. The highest BCUT2D eigenvalue weighted by Gasteiger charge is 2.14. The summed E-state index contributed by atoms with van der Waals surface area (Å²) in [5, 5.41) is 16.7. The summed E-state index contributed by atoms with van der Waals surface area (Å²) in [4.78, 5) is 10.0. The van der Waals surface area contributed by atoms with Gasteiger partial charge in [-0.25, -0.2) is 8.42 Å². The van der Waals surface area contributed by atoms with Crippen molar-refractivity contribution < 1.29 is 13.3 Å². The molecule has 0 bridgehead atoms. The smallest absolute Gasteiger partial charge is 0.269 e. The molecule has 2 aliphatic rings. The molecule has 2 aliphatic heterocycles. The molecule has 0 spiro atoms. The fraction of sp³-hybridized carbons (Fsp3) is 0.294. The number of sulfonamides is 1. The van der Waals surface area contributed by atoms with Crippen LogP contribution in [0.3, 0.4) is 0 Å². The molecule has 2 aromatic carbocycles. The van der Waals surface area contributed by atoms with Crippen molar-refractivity contribution >= 4 is 32.8 Å². The third kappa shape index (κ3) is 4.42. The van der Waals surface area contributed by atoms with Gasteiger partial charge in [0.05, 0.1) is 11.2 Å². The summed E-state index contributed by atoms with van der Waals surface area (Å²) in [6.07, 6.45) is 2.99. The van der Waals surface area contributed by atoms with Crippen molar-refractivity contribution in [2.75, 3.05) is 34.7 Å². The molecule has 2 heterocycles. The van der Waals surface area contributed by atoms with E-state index in [1.165, 1.54) is 11.6 Å². The van der Waals surface area contributed by atoms with E-state index >= 15 is 0 Å².